The summed E-state index contributed by atoms with van der Waals surface area (Å²) in [6.45, 7) is 0. The molecule has 1 unspecified atom stereocenters. The fourth-order valence-electron chi connectivity index (χ4n) is 2.91. The number of hydrogen-bond donors (Lipinski definition) is 0. The fourth-order valence-corrected chi connectivity index (χ4v) is 20.3. The Labute approximate surface area is 158 Å². The van der Waals surface area contributed by atoms with E-state index in [0.29, 0.717) is 4.46 Å². The molecule has 0 aliphatic heterocycles. The third kappa shape index (κ3) is 2.96. The van der Waals surface area contributed by atoms with Gasteiger partial charge >= 0.3 is 159 Å². The van der Waals surface area contributed by atoms with Crippen molar-refractivity contribution in [1.82, 2.24) is 0 Å². The summed E-state index contributed by atoms with van der Waals surface area (Å²) in [7, 11) is -3.60. The number of fused-ring (bicyclic) bond motifs is 3. The molecule has 6 heteroatoms. The van der Waals surface area contributed by atoms with E-state index in [4.69, 9.17) is 0 Å². The standard InChI is InChI=1S/C18H11F2Se4/c19-22-24(20,23-21)18-6-5-14-9-15-7-12-3-1-2-4-13(12)8-16(15)10-17(14)11-18/h1-11H. The SMILES string of the molecule is F[Se][Se](F)([Se][Se])c1ccc2cc3cc4ccccc4cc3cc2c1. The Kier molecular flexibility index (Phi) is 4.77. The zero-order chi connectivity index (χ0) is 16.7. The first-order valence-electron chi connectivity index (χ1n) is 7.14. The summed E-state index contributed by atoms with van der Waals surface area (Å²) in [5.41, 5.74) is 0. The van der Waals surface area contributed by atoms with Gasteiger partial charge in [-0.3, -0.25) is 0 Å². The van der Waals surface area contributed by atoms with Crippen LogP contribution in [0.15, 0.2) is 66.7 Å². The van der Waals surface area contributed by atoms with Crippen LogP contribution in [0.25, 0.3) is 32.3 Å². The second kappa shape index (κ2) is 6.72. The van der Waals surface area contributed by atoms with Crippen molar-refractivity contribution in [1.29, 1.82) is 0 Å². The minimum absolute atomic E-state index is 0.383. The molecule has 1 radical (unpaired) electrons. The van der Waals surface area contributed by atoms with Gasteiger partial charge in [-0.1, -0.05) is 0 Å². The Balaban J connectivity index is 1.96. The molecule has 4 rings (SSSR count). The van der Waals surface area contributed by atoms with Crippen LogP contribution in [0.4, 0.5) is 7.10 Å². The van der Waals surface area contributed by atoms with Gasteiger partial charge < -0.3 is 0 Å². The molecule has 0 nitrogen and oxygen atoms in total. The molecule has 4 aromatic rings. The molecule has 1 atom stereocenters. The van der Waals surface area contributed by atoms with E-state index in [0.717, 1.165) is 16.2 Å². The van der Waals surface area contributed by atoms with Crippen LogP contribution in [-0.4, -0.2) is 48.7 Å². The fraction of sp³-hybridized carbons (Fsp3) is 0. The molecule has 0 amide bonds. The third-order valence-corrected chi connectivity index (χ3v) is 43.6. The normalized spacial score (nSPS) is 15.6. The minimum atomic E-state index is -3.60. The van der Waals surface area contributed by atoms with Gasteiger partial charge in [0.1, 0.15) is 0 Å². The Hall–Kier alpha value is -0.402. The van der Waals surface area contributed by atoms with Crippen molar-refractivity contribution >= 4 is 85.5 Å². The van der Waals surface area contributed by atoms with Crippen molar-refractivity contribution in [2.24, 2.45) is 0 Å². The zero-order valence-electron chi connectivity index (χ0n) is 12.2. The van der Waals surface area contributed by atoms with E-state index in [1.54, 1.807) is 6.07 Å². The first-order chi connectivity index (χ1) is 11.6. The number of benzene rings is 4. The molecule has 0 saturated carbocycles. The van der Waals surface area contributed by atoms with Gasteiger partial charge in [0.2, 0.25) is 0 Å². The van der Waals surface area contributed by atoms with Crippen LogP contribution < -0.4 is 4.46 Å². The predicted molar refractivity (Wildman–Crippen MR) is 104 cm³/mol. The van der Waals surface area contributed by atoms with Crippen molar-refractivity contribution in [2.75, 3.05) is 0 Å². The molecule has 0 aliphatic carbocycles. The summed E-state index contributed by atoms with van der Waals surface area (Å²) in [6, 6.07) is 22.4. The van der Waals surface area contributed by atoms with Crippen LogP contribution in [0, 0.1) is 0 Å². The number of hydrogen-bond acceptors (Lipinski definition) is 0. The van der Waals surface area contributed by atoms with E-state index >= 15 is 0 Å². The molecule has 0 N–H and O–H groups in total. The molecule has 4 aromatic carbocycles. The third-order valence-electron chi connectivity index (χ3n) is 4.08. The number of rotatable bonds is 3. The summed E-state index contributed by atoms with van der Waals surface area (Å²) in [4.78, 5) is 0. The van der Waals surface area contributed by atoms with Gasteiger partial charge in [0, 0.05) is 0 Å². The summed E-state index contributed by atoms with van der Waals surface area (Å²) in [5.74, 6) is 0. The molecule has 24 heavy (non-hydrogen) atoms. The van der Waals surface area contributed by atoms with Crippen LogP contribution in [-0.2, 0) is 0 Å². The van der Waals surface area contributed by atoms with Crippen molar-refractivity contribution in [3.8, 4) is 0 Å². The second-order valence-corrected chi connectivity index (χ2v) is 35.0. The van der Waals surface area contributed by atoms with E-state index in [1.165, 1.54) is 16.2 Å². The van der Waals surface area contributed by atoms with E-state index in [-0.39, 0.29) is 11.3 Å². The molecule has 0 heterocycles. The maximum absolute atomic E-state index is 14.8. The topological polar surface area (TPSA) is 0 Å². The molecule has 0 bridgehead atoms. The Morgan fingerprint density at radius 1 is 0.708 bits per heavy atom. The van der Waals surface area contributed by atoms with Gasteiger partial charge in [-0.15, -0.1) is 0 Å². The van der Waals surface area contributed by atoms with Crippen molar-refractivity contribution in [3.63, 3.8) is 0 Å². The molecule has 0 saturated heterocycles. The average Bonchev–Trinajstić information content (AvgIpc) is 2.63. The van der Waals surface area contributed by atoms with Crippen LogP contribution in [0.5, 0.6) is 0 Å². The molecular weight excluding hydrogens is 570 g/mol. The van der Waals surface area contributed by atoms with Gasteiger partial charge in [0.05, 0.1) is 0 Å². The van der Waals surface area contributed by atoms with E-state index in [2.05, 4.69) is 50.6 Å². The quantitative estimate of drug-likeness (QED) is 0.256. The Morgan fingerprint density at radius 2 is 1.21 bits per heavy atom. The van der Waals surface area contributed by atoms with Gasteiger partial charge in [0.15, 0.2) is 0 Å². The average molecular weight is 581 g/mol. The molecule has 0 aliphatic rings. The van der Waals surface area contributed by atoms with Gasteiger partial charge in [-0.2, -0.15) is 0 Å². The summed E-state index contributed by atoms with van der Waals surface area (Å²) < 4.78 is 28.7. The monoisotopic (exact) mass is 585 g/mol. The first-order valence-corrected chi connectivity index (χ1v) is 22.3. The summed E-state index contributed by atoms with van der Waals surface area (Å²) in [6.07, 6.45) is 0. The van der Waals surface area contributed by atoms with Gasteiger partial charge in [-0.25, -0.2) is 0 Å². The van der Waals surface area contributed by atoms with E-state index < -0.39 is 23.2 Å². The van der Waals surface area contributed by atoms with E-state index in [9.17, 15) is 7.10 Å². The van der Waals surface area contributed by atoms with Crippen LogP contribution >= 0.6 is 0 Å². The molecular formula is C18H11F2Se4. The molecule has 0 aromatic heterocycles. The first kappa shape index (κ1) is 17.0. The Bertz CT molecular complexity index is 1060. The van der Waals surface area contributed by atoms with E-state index in [1.807, 2.05) is 24.3 Å². The van der Waals surface area contributed by atoms with Gasteiger partial charge in [-0.05, 0) is 0 Å². The van der Waals surface area contributed by atoms with Crippen molar-refractivity contribution in [2.45, 2.75) is 0 Å². The maximum atomic E-state index is 14.8. The number of halogens is 2. The van der Waals surface area contributed by atoms with Crippen molar-refractivity contribution < 1.29 is 7.10 Å². The molecule has 121 valence electrons. The second-order valence-electron chi connectivity index (χ2n) is 5.48. The Morgan fingerprint density at radius 3 is 1.75 bits per heavy atom. The molecule has 0 spiro atoms. The molecule has 0 fully saturated rings. The zero-order valence-corrected chi connectivity index (χ0v) is 19.1. The summed E-state index contributed by atoms with van der Waals surface area (Å²) in [5, 5.41) is 6.76. The van der Waals surface area contributed by atoms with Crippen LogP contribution in [0.1, 0.15) is 0 Å². The van der Waals surface area contributed by atoms with Crippen molar-refractivity contribution in [3.05, 3.63) is 66.7 Å². The van der Waals surface area contributed by atoms with Crippen LogP contribution in [0.3, 0.4) is 0 Å². The van der Waals surface area contributed by atoms with Gasteiger partial charge in [0.25, 0.3) is 0 Å². The predicted octanol–water partition coefficient (Wildman–Crippen LogP) is 3.64. The summed E-state index contributed by atoms with van der Waals surface area (Å²) >= 11 is 0.966. The van der Waals surface area contributed by atoms with Crippen LogP contribution in [0.2, 0.25) is 0 Å².